The van der Waals surface area contributed by atoms with E-state index < -0.39 is 28.0 Å². The molecule has 11 heavy (non-hydrogen) atoms. The van der Waals surface area contributed by atoms with Crippen LogP contribution in [0, 0.1) is 0 Å². The molecule has 0 aliphatic rings. The smallest absolute Gasteiger partial charge is 0.413 e. The predicted molar refractivity (Wildman–Crippen MR) is 29.8 cm³/mol. The summed E-state index contributed by atoms with van der Waals surface area (Å²) in [4.78, 5) is 29.8. The van der Waals surface area contributed by atoms with Crippen LogP contribution in [-0.4, -0.2) is 16.9 Å². The molecule has 0 aliphatic carbocycles. The minimum Gasteiger partial charge on any atom is -0.594 e. The van der Waals surface area contributed by atoms with Crippen LogP contribution in [0.5, 0.6) is 0 Å². The zero-order valence-corrected chi connectivity index (χ0v) is 6.75. The summed E-state index contributed by atoms with van der Waals surface area (Å²) in [5, 5.41) is 9.42. The van der Waals surface area contributed by atoms with E-state index in [1.165, 1.54) is 5.09 Å². The van der Waals surface area contributed by atoms with Gasteiger partial charge in [0.1, 0.15) is 0 Å². The van der Waals surface area contributed by atoms with Gasteiger partial charge >= 0.3 is 28.0 Å². The van der Waals surface area contributed by atoms with Gasteiger partial charge in [-0.05, 0) is 5.09 Å². The Bertz CT molecular complexity index is 189. The summed E-state index contributed by atoms with van der Waals surface area (Å²) >= 11 is 0. The molecular formula is C2H3NO6P2. The largest absolute Gasteiger partial charge is 0.594 e. The van der Waals surface area contributed by atoms with Crippen molar-refractivity contribution in [3.05, 3.63) is 0 Å². The highest BCUT2D eigenvalue weighted by molar-refractivity contribution is 7.41. The van der Waals surface area contributed by atoms with Gasteiger partial charge in [0.05, 0.1) is 0 Å². The fourth-order valence-electron chi connectivity index (χ4n) is 0.292. The zero-order valence-electron chi connectivity index (χ0n) is 4.96. The van der Waals surface area contributed by atoms with Crippen molar-refractivity contribution in [1.82, 2.24) is 5.09 Å². The summed E-state index contributed by atoms with van der Waals surface area (Å²) in [7, 11) is -6.55. The Kier molecular flexibility index (Phi) is 4.25. The Labute approximate surface area is 62.8 Å². The average Bonchev–Trinajstić information content (AvgIpc) is 1.81. The molecule has 3 unspecified atom stereocenters. The maximum absolute atomic E-state index is 10.0. The number of hydrogen-bond acceptors (Lipinski definition) is 5. The second-order valence-corrected chi connectivity index (χ2v) is 3.27. The van der Waals surface area contributed by atoms with Crippen LogP contribution in [0.25, 0.3) is 0 Å². The molecule has 0 spiro atoms. The maximum atomic E-state index is 10.0. The molecule has 0 radical (unpaired) electrons. The first-order chi connectivity index (χ1) is 4.95. The number of nitrogens with one attached hydrogen (secondary N) is 1. The molecule has 0 bridgehead atoms. The number of carboxylic acids is 1. The molecule has 0 aliphatic heterocycles. The van der Waals surface area contributed by atoms with Gasteiger partial charge in [0.2, 0.25) is 0 Å². The third kappa shape index (κ3) is 4.08. The quantitative estimate of drug-likeness (QED) is 0.506. The summed E-state index contributed by atoms with van der Waals surface area (Å²) in [6.07, 6.45) is 0. The lowest BCUT2D eigenvalue weighted by Gasteiger charge is -1.97. The second kappa shape index (κ2) is 4.43. The number of aliphatic carboxylic acids is 1. The molecule has 0 heterocycles. The Balaban J connectivity index is 4.23. The van der Waals surface area contributed by atoms with Gasteiger partial charge in [-0.15, -0.1) is 0 Å². The molecule has 0 rings (SSSR count). The monoisotopic (exact) mass is 199 g/mol. The van der Waals surface area contributed by atoms with Crippen LogP contribution in [-0.2, 0) is 13.9 Å². The molecule has 0 fully saturated rings. The maximum Gasteiger partial charge on any atom is 0.413 e. The fourth-order valence-corrected chi connectivity index (χ4v) is 1.44. The molecule has 2 N–H and O–H groups in total. The van der Waals surface area contributed by atoms with Crippen LogP contribution in [0.3, 0.4) is 0 Å². The van der Waals surface area contributed by atoms with Gasteiger partial charge in [-0.2, -0.15) is 0 Å². The summed E-state index contributed by atoms with van der Waals surface area (Å²) in [6, 6.07) is 0. The van der Waals surface area contributed by atoms with Crippen molar-refractivity contribution < 1.29 is 28.8 Å². The minimum atomic E-state index is -3.33. The van der Waals surface area contributed by atoms with E-state index in [-0.39, 0.29) is 0 Å². The van der Waals surface area contributed by atoms with Crippen LogP contribution in [0.2, 0.25) is 0 Å². The van der Waals surface area contributed by atoms with Crippen molar-refractivity contribution in [3.8, 4) is 0 Å². The van der Waals surface area contributed by atoms with Crippen LogP contribution in [0.15, 0.2) is 0 Å². The van der Waals surface area contributed by atoms with Gasteiger partial charge in [0.25, 0.3) is 0 Å². The van der Waals surface area contributed by atoms with Crippen molar-refractivity contribution in [3.63, 3.8) is 0 Å². The van der Waals surface area contributed by atoms with Crippen LogP contribution in [0.1, 0.15) is 0 Å². The van der Waals surface area contributed by atoms with Gasteiger partial charge < -0.3 is 14.9 Å². The summed E-state index contributed by atoms with van der Waals surface area (Å²) in [5.41, 5.74) is 0. The van der Waals surface area contributed by atoms with Crippen molar-refractivity contribution in [2.45, 2.75) is 5.78 Å². The van der Waals surface area contributed by atoms with Crippen LogP contribution >= 0.6 is 16.2 Å². The highest BCUT2D eigenvalue weighted by atomic mass is 31.1. The Hall–Kier alpha value is -0.450. The predicted octanol–water partition coefficient (Wildman–Crippen LogP) is -1.89. The Morgan fingerprint density at radius 2 is 1.91 bits per heavy atom. The lowest BCUT2D eigenvalue weighted by atomic mass is 10.7. The van der Waals surface area contributed by atoms with Gasteiger partial charge in [-0.1, -0.05) is 9.13 Å². The standard InChI is InChI=1S/C2H3NO6P2/c4-2(5)1(10(6)7)3-11(8)9/h1H,(H,4,5)(H,3,8,9). The SMILES string of the molecule is O=C(O)C(N[P+](=O)[O-])[P+](=O)[O-]. The van der Waals surface area contributed by atoms with E-state index >= 15 is 0 Å². The fraction of sp³-hybridized carbons (Fsp3) is 0.500. The van der Waals surface area contributed by atoms with Crippen LogP contribution in [0.4, 0.5) is 0 Å². The molecule has 3 atom stereocenters. The molecular weight excluding hydrogens is 196 g/mol. The molecule has 0 saturated heterocycles. The number of carbonyl (C=O) groups is 1. The highest BCUT2D eigenvalue weighted by Crippen LogP contribution is 2.19. The molecule has 0 saturated carbocycles. The van der Waals surface area contributed by atoms with Crippen molar-refractivity contribution >= 4 is 22.2 Å². The summed E-state index contributed by atoms with van der Waals surface area (Å²) in [6.45, 7) is 0. The van der Waals surface area contributed by atoms with Crippen molar-refractivity contribution in [2.75, 3.05) is 0 Å². The topological polar surface area (TPSA) is 130 Å². The molecule has 0 amide bonds. The van der Waals surface area contributed by atoms with E-state index in [1.807, 2.05) is 0 Å². The van der Waals surface area contributed by atoms with Crippen molar-refractivity contribution in [1.29, 1.82) is 0 Å². The molecule has 62 valence electrons. The van der Waals surface area contributed by atoms with E-state index in [0.29, 0.717) is 0 Å². The van der Waals surface area contributed by atoms with E-state index in [0.717, 1.165) is 0 Å². The molecule has 9 heteroatoms. The molecule has 7 nitrogen and oxygen atoms in total. The van der Waals surface area contributed by atoms with E-state index in [2.05, 4.69) is 0 Å². The Morgan fingerprint density at radius 1 is 1.45 bits per heavy atom. The van der Waals surface area contributed by atoms with E-state index in [4.69, 9.17) is 5.11 Å². The summed E-state index contributed by atoms with van der Waals surface area (Å²) < 4.78 is 19.8. The first kappa shape index (κ1) is 10.6. The van der Waals surface area contributed by atoms with Gasteiger partial charge in [-0.25, -0.2) is 4.79 Å². The van der Waals surface area contributed by atoms with Crippen molar-refractivity contribution in [2.24, 2.45) is 0 Å². The third-order valence-electron chi connectivity index (χ3n) is 0.672. The van der Waals surface area contributed by atoms with E-state index in [1.54, 1.807) is 0 Å². The Morgan fingerprint density at radius 3 is 2.00 bits per heavy atom. The lowest BCUT2D eigenvalue weighted by molar-refractivity contribution is -0.176. The zero-order chi connectivity index (χ0) is 9.02. The van der Waals surface area contributed by atoms with Gasteiger partial charge in [-0.3, -0.25) is 0 Å². The van der Waals surface area contributed by atoms with Gasteiger partial charge in [0.15, 0.2) is 0 Å². The van der Waals surface area contributed by atoms with E-state index in [9.17, 15) is 23.7 Å². The normalized spacial score (nSPS) is 15.5. The molecule has 0 aromatic rings. The first-order valence-corrected chi connectivity index (χ1v) is 4.64. The minimum absolute atomic E-state index is 1.34. The number of hydrogen-bond donors (Lipinski definition) is 2. The highest BCUT2D eigenvalue weighted by Gasteiger charge is 2.34. The number of carboxylic acid groups (broad SMARTS) is 1. The molecule has 0 aromatic carbocycles. The average molecular weight is 199 g/mol. The first-order valence-electron chi connectivity index (χ1n) is 2.22. The molecule has 0 aromatic heterocycles. The van der Waals surface area contributed by atoms with Gasteiger partial charge in [0, 0.05) is 0 Å². The second-order valence-electron chi connectivity index (χ2n) is 1.41. The third-order valence-corrected chi connectivity index (χ3v) is 2.12. The van der Waals surface area contributed by atoms with Crippen LogP contribution < -0.4 is 14.9 Å². The summed E-state index contributed by atoms with van der Waals surface area (Å²) in [5.74, 6) is -3.81. The number of rotatable bonds is 4. The lowest BCUT2D eigenvalue weighted by Crippen LogP contribution is -2.32.